The Hall–Kier alpha value is -1.46. The fraction of sp³-hybridized carbons (Fsp3) is 0.562. The molecule has 2 aliphatic rings. The standard InChI is InChI=1S/C16H22N2O3.ClH/c1-17-9-13-3-2-6-18(10-13)16(19)8-12-4-5-14-15(7-12)21-11-20-14;/h4-5,7,13,17H,2-3,6,8-11H2,1H3;1H. The van der Waals surface area contributed by atoms with Gasteiger partial charge in [-0.2, -0.15) is 0 Å². The van der Waals surface area contributed by atoms with E-state index in [1.165, 1.54) is 6.42 Å². The van der Waals surface area contributed by atoms with Crippen LogP contribution >= 0.6 is 12.4 Å². The number of hydrogen-bond acceptors (Lipinski definition) is 4. The van der Waals surface area contributed by atoms with Crippen LogP contribution in [-0.4, -0.2) is 44.3 Å². The summed E-state index contributed by atoms with van der Waals surface area (Å²) >= 11 is 0. The molecule has 1 aromatic carbocycles. The second-order valence-corrected chi connectivity index (χ2v) is 5.77. The summed E-state index contributed by atoms with van der Waals surface area (Å²) in [5, 5.41) is 3.21. The zero-order chi connectivity index (χ0) is 14.7. The van der Waals surface area contributed by atoms with Crippen molar-refractivity contribution in [2.75, 3.05) is 33.5 Å². The van der Waals surface area contributed by atoms with E-state index in [4.69, 9.17) is 9.47 Å². The largest absolute Gasteiger partial charge is 0.454 e. The van der Waals surface area contributed by atoms with Gasteiger partial charge >= 0.3 is 0 Å². The number of piperidine rings is 1. The van der Waals surface area contributed by atoms with Gasteiger partial charge in [0.25, 0.3) is 0 Å². The van der Waals surface area contributed by atoms with Gasteiger partial charge in [-0.15, -0.1) is 12.4 Å². The molecule has 5 nitrogen and oxygen atoms in total. The van der Waals surface area contributed by atoms with Gasteiger partial charge in [0.05, 0.1) is 6.42 Å². The van der Waals surface area contributed by atoms with Crippen molar-refractivity contribution in [1.82, 2.24) is 10.2 Å². The monoisotopic (exact) mass is 326 g/mol. The van der Waals surface area contributed by atoms with Crippen molar-refractivity contribution in [2.45, 2.75) is 19.3 Å². The van der Waals surface area contributed by atoms with Gasteiger partial charge in [-0.25, -0.2) is 0 Å². The van der Waals surface area contributed by atoms with Gasteiger partial charge in [0, 0.05) is 13.1 Å². The number of carbonyl (C=O) groups excluding carboxylic acids is 1. The molecule has 0 saturated carbocycles. The summed E-state index contributed by atoms with van der Waals surface area (Å²) in [5.41, 5.74) is 0.986. The molecule has 1 amide bonds. The zero-order valence-corrected chi connectivity index (χ0v) is 13.7. The normalized spacial score (nSPS) is 19.7. The molecule has 1 unspecified atom stereocenters. The number of carbonyl (C=O) groups is 1. The van der Waals surface area contributed by atoms with E-state index in [0.29, 0.717) is 12.3 Å². The minimum atomic E-state index is 0. The molecule has 1 N–H and O–H groups in total. The molecule has 6 heteroatoms. The second kappa shape index (κ2) is 7.70. The first-order valence-corrected chi connectivity index (χ1v) is 7.57. The highest BCUT2D eigenvalue weighted by molar-refractivity contribution is 5.85. The van der Waals surface area contributed by atoms with Crippen molar-refractivity contribution >= 4 is 18.3 Å². The van der Waals surface area contributed by atoms with Gasteiger partial charge < -0.3 is 19.7 Å². The quantitative estimate of drug-likeness (QED) is 0.917. The topological polar surface area (TPSA) is 50.8 Å². The number of likely N-dealkylation sites (tertiary alicyclic amines) is 1. The number of rotatable bonds is 4. The number of hydrogen-bond donors (Lipinski definition) is 1. The SMILES string of the molecule is CNCC1CCCN(C(=O)Cc2ccc3c(c2)OCO3)C1.Cl. The third-order valence-corrected chi connectivity index (χ3v) is 4.16. The summed E-state index contributed by atoms with van der Waals surface area (Å²) in [6.07, 6.45) is 2.73. The molecule has 0 radical (unpaired) electrons. The lowest BCUT2D eigenvalue weighted by Crippen LogP contribution is -2.43. The van der Waals surface area contributed by atoms with Crippen LogP contribution in [0.2, 0.25) is 0 Å². The van der Waals surface area contributed by atoms with Crippen molar-refractivity contribution in [3.05, 3.63) is 23.8 Å². The average Bonchev–Trinajstić information content (AvgIpc) is 2.95. The molecular weight excluding hydrogens is 304 g/mol. The van der Waals surface area contributed by atoms with Crippen LogP contribution in [0.4, 0.5) is 0 Å². The second-order valence-electron chi connectivity index (χ2n) is 5.77. The van der Waals surface area contributed by atoms with Gasteiger partial charge in [-0.1, -0.05) is 6.07 Å². The molecule has 0 aliphatic carbocycles. The average molecular weight is 327 g/mol. The van der Waals surface area contributed by atoms with E-state index in [1.54, 1.807) is 0 Å². The van der Waals surface area contributed by atoms with Crippen LogP contribution < -0.4 is 14.8 Å². The van der Waals surface area contributed by atoms with Crippen LogP contribution in [0, 0.1) is 5.92 Å². The Balaban J connectivity index is 0.00000176. The molecule has 1 aromatic rings. The first-order chi connectivity index (χ1) is 10.3. The molecule has 1 fully saturated rings. The maximum atomic E-state index is 12.5. The first-order valence-electron chi connectivity index (χ1n) is 7.57. The van der Waals surface area contributed by atoms with E-state index in [0.717, 1.165) is 43.1 Å². The van der Waals surface area contributed by atoms with E-state index in [2.05, 4.69) is 5.32 Å². The number of nitrogens with one attached hydrogen (secondary N) is 1. The number of benzene rings is 1. The van der Waals surface area contributed by atoms with Crippen molar-refractivity contribution in [1.29, 1.82) is 0 Å². The first kappa shape index (κ1) is 16.9. The number of nitrogens with zero attached hydrogens (tertiary/aromatic N) is 1. The van der Waals surface area contributed by atoms with Gasteiger partial charge in [-0.3, -0.25) is 4.79 Å². The Kier molecular flexibility index (Phi) is 5.91. The van der Waals surface area contributed by atoms with Crippen molar-refractivity contribution in [2.24, 2.45) is 5.92 Å². The van der Waals surface area contributed by atoms with Crippen molar-refractivity contribution in [3.8, 4) is 11.5 Å². The summed E-state index contributed by atoms with van der Waals surface area (Å²) in [7, 11) is 1.97. The van der Waals surface area contributed by atoms with Crippen LogP contribution in [-0.2, 0) is 11.2 Å². The molecular formula is C16H23ClN2O3. The molecule has 2 heterocycles. The molecule has 22 heavy (non-hydrogen) atoms. The van der Waals surface area contributed by atoms with Crippen LogP contribution in [0.5, 0.6) is 11.5 Å². The minimum Gasteiger partial charge on any atom is -0.454 e. The number of fused-ring (bicyclic) bond motifs is 1. The summed E-state index contributed by atoms with van der Waals surface area (Å²) in [6, 6.07) is 5.74. The van der Waals surface area contributed by atoms with Gasteiger partial charge in [0.15, 0.2) is 11.5 Å². The lowest BCUT2D eigenvalue weighted by Gasteiger charge is -2.32. The van der Waals surface area contributed by atoms with Crippen LogP contribution in [0.25, 0.3) is 0 Å². The molecule has 1 atom stereocenters. The maximum absolute atomic E-state index is 12.5. The highest BCUT2D eigenvalue weighted by Gasteiger charge is 2.23. The Labute approximate surface area is 137 Å². The zero-order valence-electron chi connectivity index (χ0n) is 12.8. The predicted octanol–water partition coefficient (Wildman–Crippen LogP) is 1.84. The van der Waals surface area contributed by atoms with E-state index >= 15 is 0 Å². The Morgan fingerprint density at radius 3 is 3.00 bits per heavy atom. The van der Waals surface area contributed by atoms with E-state index in [9.17, 15) is 4.79 Å². The number of ether oxygens (including phenoxy) is 2. The highest BCUT2D eigenvalue weighted by Crippen LogP contribution is 2.32. The summed E-state index contributed by atoms with van der Waals surface area (Å²) < 4.78 is 10.7. The number of halogens is 1. The van der Waals surface area contributed by atoms with Crippen molar-refractivity contribution < 1.29 is 14.3 Å². The van der Waals surface area contributed by atoms with Gasteiger partial charge in [-0.05, 0) is 50.0 Å². The molecule has 1 saturated heterocycles. The van der Waals surface area contributed by atoms with Crippen molar-refractivity contribution in [3.63, 3.8) is 0 Å². The molecule has 122 valence electrons. The van der Waals surface area contributed by atoms with Crippen LogP contribution in [0.3, 0.4) is 0 Å². The van der Waals surface area contributed by atoms with Crippen LogP contribution in [0.15, 0.2) is 18.2 Å². The lowest BCUT2D eigenvalue weighted by molar-refractivity contribution is -0.132. The summed E-state index contributed by atoms with van der Waals surface area (Å²) in [5.74, 6) is 2.28. The van der Waals surface area contributed by atoms with Gasteiger partial charge in [0.1, 0.15) is 0 Å². The smallest absolute Gasteiger partial charge is 0.231 e. The highest BCUT2D eigenvalue weighted by atomic mass is 35.5. The third-order valence-electron chi connectivity index (χ3n) is 4.16. The van der Waals surface area contributed by atoms with Crippen LogP contribution in [0.1, 0.15) is 18.4 Å². The Bertz CT molecular complexity index is 522. The van der Waals surface area contributed by atoms with E-state index < -0.39 is 0 Å². The Morgan fingerprint density at radius 2 is 2.18 bits per heavy atom. The molecule has 0 bridgehead atoms. The Morgan fingerprint density at radius 1 is 1.36 bits per heavy atom. The summed E-state index contributed by atoms with van der Waals surface area (Å²) in [4.78, 5) is 14.4. The fourth-order valence-electron chi connectivity index (χ4n) is 3.08. The number of amides is 1. The molecule has 3 rings (SSSR count). The van der Waals surface area contributed by atoms with Gasteiger partial charge in [0.2, 0.25) is 12.7 Å². The third kappa shape index (κ3) is 3.84. The van der Waals surface area contributed by atoms with E-state index in [-0.39, 0.29) is 25.1 Å². The minimum absolute atomic E-state index is 0. The van der Waals surface area contributed by atoms with E-state index in [1.807, 2.05) is 30.1 Å². The lowest BCUT2D eigenvalue weighted by atomic mass is 9.97. The molecule has 0 aromatic heterocycles. The fourth-order valence-corrected chi connectivity index (χ4v) is 3.08. The molecule has 2 aliphatic heterocycles. The predicted molar refractivity (Wildman–Crippen MR) is 86.7 cm³/mol. The maximum Gasteiger partial charge on any atom is 0.231 e. The molecule has 0 spiro atoms. The summed E-state index contributed by atoms with van der Waals surface area (Å²) in [6.45, 7) is 2.99.